The van der Waals surface area contributed by atoms with Gasteiger partial charge in [-0.1, -0.05) is 53.5 Å². The van der Waals surface area contributed by atoms with E-state index >= 15 is 0 Å². The number of halogens is 2. The van der Waals surface area contributed by atoms with Crippen LogP contribution in [0.25, 0.3) is 0 Å². The first-order valence-corrected chi connectivity index (χ1v) is 13.5. The van der Waals surface area contributed by atoms with Gasteiger partial charge in [0.25, 0.3) is 0 Å². The lowest BCUT2D eigenvalue weighted by molar-refractivity contribution is -0.116. The summed E-state index contributed by atoms with van der Waals surface area (Å²) in [5, 5.41) is 6.54. The maximum atomic E-state index is 12.9. The minimum Gasteiger partial charge on any atom is -0.368 e. The molecule has 7 nitrogen and oxygen atoms in total. The second-order valence-corrected chi connectivity index (χ2v) is 10.3. The van der Waals surface area contributed by atoms with E-state index in [-0.39, 0.29) is 18.0 Å². The van der Waals surface area contributed by atoms with E-state index in [0.717, 1.165) is 29.8 Å². The molecule has 4 N–H and O–H groups in total. The third kappa shape index (κ3) is 7.40. The van der Waals surface area contributed by atoms with Crippen LogP contribution in [0.1, 0.15) is 36.9 Å². The number of hydrogen-bond acceptors (Lipinski definition) is 4. The lowest BCUT2D eigenvalue weighted by Gasteiger charge is -2.36. The fourth-order valence-electron chi connectivity index (χ4n) is 4.41. The van der Waals surface area contributed by atoms with Gasteiger partial charge < -0.3 is 26.2 Å². The molecule has 4 rings (SSSR count). The normalized spacial score (nSPS) is 14.2. The smallest absolute Gasteiger partial charge is 0.322 e. The Morgan fingerprint density at radius 3 is 2.16 bits per heavy atom. The summed E-state index contributed by atoms with van der Waals surface area (Å²) in [4.78, 5) is 29.1. The van der Waals surface area contributed by atoms with Crippen molar-refractivity contribution in [1.29, 1.82) is 0 Å². The van der Waals surface area contributed by atoms with E-state index in [9.17, 15) is 9.59 Å². The van der Waals surface area contributed by atoms with Crippen LogP contribution in [-0.4, -0.2) is 43.0 Å². The second-order valence-electron chi connectivity index (χ2n) is 9.49. The zero-order valence-corrected chi connectivity index (χ0v) is 22.9. The predicted octanol–water partition coefficient (Wildman–Crippen LogP) is 6.33. The molecule has 3 aromatic carbocycles. The van der Waals surface area contributed by atoms with Crippen LogP contribution in [0.2, 0.25) is 10.0 Å². The first-order chi connectivity index (χ1) is 18.3. The van der Waals surface area contributed by atoms with Gasteiger partial charge in [-0.05, 0) is 67.3 Å². The summed E-state index contributed by atoms with van der Waals surface area (Å²) in [7, 11) is 0. The molecule has 1 saturated heterocycles. The van der Waals surface area contributed by atoms with E-state index in [4.69, 9.17) is 28.9 Å². The highest BCUT2D eigenvalue weighted by atomic mass is 35.5. The first kappa shape index (κ1) is 27.8. The number of carbonyl (C=O) groups is 2. The number of hydrogen-bond donors (Lipinski definition) is 3. The van der Waals surface area contributed by atoms with Crippen molar-refractivity contribution in [3.05, 3.63) is 87.9 Å². The Morgan fingerprint density at radius 2 is 1.55 bits per heavy atom. The van der Waals surface area contributed by atoms with Crippen LogP contribution in [0.4, 0.5) is 21.9 Å². The molecule has 1 unspecified atom stereocenters. The zero-order valence-electron chi connectivity index (χ0n) is 21.4. The highest BCUT2D eigenvalue weighted by Gasteiger charge is 2.23. The topological polar surface area (TPSA) is 90.7 Å². The molecule has 3 amide bonds. The Balaban J connectivity index is 1.23. The lowest BCUT2D eigenvalue weighted by atomic mass is 10.1. The number of benzene rings is 3. The molecule has 200 valence electrons. The Morgan fingerprint density at radius 1 is 0.921 bits per heavy atom. The van der Waals surface area contributed by atoms with Crippen molar-refractivity contribution in [1.82, 2.24) is 4.90 Å². The van der Waals surface area contributed by atoms with Crippen LogP contribution in [0.15, 0.2) is 66.7 Å². The number of urea groups is 1. The third-order valence-electron chi connectivity index (χ3n) is 6.62. The summed E-state index contributed by atoms with van der Waals surface area (Å²) in [5.74, 6) is 0.0145. The highest BCUT2D eigenvalue weighted by Crippen LogP contribution is 2.33. The third-order valence-corrected chi connectivity index (χ3v) is 7.21. The maximum absolute atomic E-state index is 12.9. The van der Waals surface area contributed by atoms with Crippen LogP contribution < -0.4 is 21.3 Å². The minimum atomic E-state index is -0.243. The van der Waals surface area contributed by atoms with E-state index < -0.39 is 0 Å². The van der Waals surface area contributed by atoms with Gasteiger partial charge in [-0.3, -0.25) is 4.79 Å². The molecule has 0 bridgehead atoms. The number of nitrogens with one attached hydrogen (secondary N) is 2. The number of aryl methyl sites for hydroxylation is 1. The lowest BCUT2D eigenvalue weighted by Crippen LogP contribution is -2.50. The summed E-state index contributed by atoms with van der Waals surface area (Å²) < 4.78 is 0. The second kappa shape index (κ2) is 13.0. The summed E-state index contributed by atoms with van der Waals surface area (Å²) in [6.07, 6.45) is 2.17. The average Bonchev–Trinajstić information content (AvgIpc) is 2.91. The average molecular weight is 555 g/mol. The Labute approximate surface area is 233 Å². The summed E-state index contributed by atoms with van der Waals surface area (Å²) in [5.41, 5.74) is 10.2. The van der Waals surface area contributed by atoms with Gasteiger partial charge in [0.05, 0.1) is 15.7 Å². The number of carbonyl (C=O) groups excluding carboxylic acids is 2. The summed E-state index contributed by atoms with van der Waals surface area (Å²) >= 11 is 12.7. The Bertz CT molecular complexity index is 1220. The first-order valence-electron chi connectivity index (χ1n) is 12.8. The Kier molecular flexibility index (Phi) is 9.50. The summed E-state index contributed by atoms with van der Waals surface area (Å²) in [6.45, 7) is 4.32. The van der Waals surface area contributed by atoms with E-state index in [1.807, 2.05) is 49.4 Å². The van der Waals surface area contributed by atoms with Gasteiger partial charge >= 0.3 is 6.03 Å². The number of nitrogens with two attached hydrogens (primary N) is 1. The van der Waals surface area contributed by atoms with Crippen LogP contribution in [0, 0.1) is 0 Å². The van der Waals surface area contributed by atoms with Gasteiger partial charge in [0.2, 0.25) is 5.91 Å². The van der Waals surface area contributed by atoms with Crippen LogP contribution in [0.3, 0.4) is 0 Å². The fourth-order valence-corrected chi connectivity index (χ4v) is 5.00. The molecule has 1 aliphatic rings. The zero-order chi connectivity index (χ0) is 27.1. The largest absolute Gasteiger partial charge is 0.368 e. The van der Waals surface area contributed by atoms with E-state index in [0.29, 0.717) is 48.3 Å². The van der Waals surface area contributed by atoms with Gasteiger partial charge in [0.1, 0.15) is 0 Å². The predicted molar refractivity (Wildman–Crippen MR) is 156 cm³/mol. The molecule has 38 heavy (non-hydrogen) atoms. The molecule has 0 radical (unpaired) electrons. The molecular formula is C29H33Cl2N5O2. The van der Waals surface area contributed by atoms with Crippen molar-refractivity contribution >= 4 is 52.2 Å². The SMILES string of the molecule is CC(N)c1cc(Cl)c(NC(=O)N2CCN(c3ccc(NC(=O)CCCc4ccccc4)cc3)CC2)c(Cl)c1. The van der Waals surface area contributed by atoms with Crippen molar-refractivity contribution in [2.75, 3.05) is 41.7 Å². The van der Waals surface area contributed by atoms with E-state index in [1.165, 1.54) is 5.56 Å². The number of anilines is 3. The van der Waals surface area contributed by atoms with Crippen molar-refractivity contribution in [3.63, 3.8) is 0 Å². The van der Waals surface area contributed by atoms with Crippen molar-refractivity contribution < 1.29 is 9.59 Å². The number of piperazine rings is 1. The monoisotopic (exact) mass is 553 g/mol. The molecule has 1 fully saturated rings. The molecule has 0 saturated carbocycles. The van der Waals surface area contributed by atoms with Gasteiger partial charge in [-0.25, -0.2) is 4.79 Å². The number of nitrogens with zero attached hydrogens (tertiary/aromatic N) is 2. The molecule has 1 atom stereocenters. The molecule has 3 aromatic rings. The molecule has 0 spiro atoms. The number of rotatable bonds is 8. The van der Waals surface area contributed by atoms with E-state index in [2.05, 4.69) is 27.7 Å². The van der Waals surface area contributed by atoms with Gasteiger partial charge in [0, 0.05) is 50.0 Å². The Hall–Kier alpha value is -3.26. The van der Waals surface area contributed by atoms with Gasteiger partial charge in [0.15, 0.2) is 0 Å². The minimum absolute atomic E-state index is 0.0145. The van der Waals surface area contributed by atoms with E-state index in [1.54, 1.807) is 17.0 Å². The summed E-state index contributed by atoms with van der Waals surface area (Å²) in [6, 6.07) is 21.0. The van der Waals surface area contributed by atoms with Crippen molar-refractivity contribution in [2.24, 2.45) is 5.73 Å². The van der Waals surface area contributed by atoms with Crippen LogP contribution in [0.5, 0.6) is 0 Å². The van der Waals surface area contributed by atoms with Crippen LogP contribution >= 0.6 is 23.2 Å². The highest BCUT2D eigenvalue weighted by molar-refractivity contribution is 6.39. The number of amides is 3. The molecular weight excluding hydrogens is 521 g/mol. The van der Waals surface area contributed by atoms with Crippen molar-refractivity contribution in [2.45, 2.75) is 32.2 Å². The molecule has 9 heteroatoms. The van der Waals surface area contributed by atoms with Gasteiger partial charge in [-0.15, -0.1) is 0 Å². The standard InChI is InChI=1S/C29H33Cl2N5O2/c1-20(32)22-18-25(30)28(26(31)19-22)34-29(38)36-16-14-35(15-17-36)24-12-10-23(11-13-24)33-27(37)9-5-8-21-6-3-2-4-7-21/h2-4,6-7,10-13,18-20H,5,8-9,14-17,32H2,1H3,(H,33,37)(H,34,38). The molecule has 1 heterocycles. The molecule has 1 aliphatic heterocycles. The quantitative estimate of drug-likeness (QED) is 0.304. The molecule has 0 aliphatic carbocycles. The van der Waals surface area contributed by atoms with Gasteiger partial charge in [-0.2, -0.15) is 0 Å². The fraction of sp³-hybridized carbons (Fsp3) is 0.310. The molecule has 0 aromatic heterocycles. The maximum Gasteiger partial charge on any atom is 0.322 e. The van der Waals surface area contributed by atoms with Crippen LogP contribution in [-0.2, 0) is 11.2 Å². The van der Waals surface area contributed by atoms with Crippen molar-refractivity contribution in [3.8, 4) is 0 Å².